The van der Waals surface area contributed by atoms with Gasteiger partial charge in [0.15, 0.2) is 0 Å². The van der Waals surface area contributed by atoms with Gasteiger partial charge in [0.2, 0.25) is 0 Å². The predicted molar refractivity (Wildman–Crippen MR) is 79.3 cm³/mol. The van der Waals surface area contributed by atoms with Crippen LogP contribution in [0.1, 0.15) is 20.3 Å². The van der Waals surface area contributed by atoms with Crippen molar-refractivity contribution in [2.24, 2.45) is 17.6 Å². The number of nitrogens with two attached hydrogens (primary N) is 1. The maximum absolute atomic E-state index is 12.8. The van der Waals surface area contributed by atoms with Crippen LogP contribution in [0.4, 0.5) is 4.39 Å². The first kappa shape index (κ1) is 15.3. The molecule has 0 radical (unpaired) electrons. The van der Waals surface area contributed by atoms with E-state index in [1.54, 1.807) is 12.1 Å². The molecule has 2 unspecified atom stereocenters. The van der Waals surface area contributed by atoms with Crippen molar-refractivity contribution < 1.29 is 9.13 Å². The molecule has 2 atom stereocenters. The van der Waals surface area contributed by atoms with Crippen molar-refractivity contribution in [1.29, 1.82) is 0 Å². The number of hydrogen-bond donors (Lipinski definition) is 1. The molecule has 4 heteroatoms. The lowest BCUT2D eigenvalue weighted by molar-refractivity contribution is 0.188. The largest absolute Gasteiger partial charge is 0.493 e. The predicted octanol–water partition coefficient (Wildman–Crippen LogP) is 2.51. The molecule has 3 nitrogen and oxygen atoms in total. The summed E-state index contributed by atoms with van der Waals surface area (Å²) in [6.45, 7) is 7.96. The Kier molecular flexibility index (Phi) is 5.38. The molecular weight excluding hydrogens is 255 g/mol. The highest BCUT2D eigenvalue weighted by molar-refractivity contribution is 5.22. The average molecular weight is 280 g/mol. The van der Waals surface area contributed by atoms with Crippen molar-refractivity contribution in [3.63, 3.8) is 0 Å². The van der Waals surface area contributed by atoms with Gasteiger partial charge in [-0.1, -0.05) is 0 Å². The first-order chi connectivity index (χ1) is 9.60. The monoisotopic (exact) mass is 280 g/mol. The summed E-state index contributed by atoms with van der Waals surface area (Å²) in [6, 6.07) is 6.76. The normalized spacial score (nSPS) is 21.4. The fraction of sp³-hybridized carbons (Fsp3) is 0.625. The lowest BCUT2D eigenvalue weighted by atomic mass is 9.92. The maximum atomic E-state index is 12.8. The van der Waals surface area contributed by atoms with Crippen molar-refractivity contribution in [2.75, 3.05) is 26.2 Å². The van der Waals surface area contributed by atoms with Gasteiger partial charge in [0.25, 0.3) is 0 Å². The highest BCUT2D eigenvalue weighted by Gasteiger charge is 2.30. The van der Waals surface area contributed by atoms with Crippen LogP contribution in [0.15, 0.2) is 24.3 Å². The minimum absolute atomic E-state index is 0.240. The molecule has 1 fully saturated rings. The van der Waals surface area contributed by atoms with Crippen molar-refractivity contribution in [2.45, 2.75) is 26.3 Å². The highest BCUT2D eigenvalue weighted by atomic mass is 19.1. The van der Waals surface area contributed by atoms with E-state index in [0.717, 1.165) is 13.1 Å². The standard InChI is InChI=1S/C16H25FN2O/c1-12(2)19-8-7-13(10-19)14(9-18)11-20-16-5-3-15(17)4-6-16/h3-6,12-14H,7-11,18H2,1-2H3. The van der Waals surface area contributed by atoms with Gasteiger partial charge in [-0.2, -0.15) is 0 Å². The van der Waals surface area contributed by atoms with E-state index < -0.39 is 0 Å². The molecule has 0 saturated carbocycles. The Balaban J connectivity index is 1.85. The zero-order chi connectivity index (χ0) is 14.5. The van der Waals surface area contributed by atoms with Crippen LogP contribution >= 0.6 is 0 Å². The van der Waals surface area contributed by atoms with Crippen molar-refractivity contribution in [3.05, 3.63) is 30.1 Å². The molecule has 112 valence electrons. The summed E-state index contributed by atoms with van der Waals surface area (Å²) in [4.78, 5) is 2.49. The summed E-state index contributed by atoms with van der Waals surface area (Å²) in [5.74, 6) is 1.44. The third kappa shape index (κ3) is 3.93. The summed E-state index contributed by atoms with van der Waals surface area (Å²) < 4.78 is 18.6. The lowest BCUT2D eigenvalue weighted by Gasteiger charge is -2.24. The fourth-order valence-electron chi connectivity index (χ4n) is 2.80. The Labute approximate surface area is 120 Å². The first-order valence-corrected chi connectivity index (χ1v) is 7.42. The molecule has 1 aliphatic rings. The van der Waals surface area contributed by atoms with E-state index in [2.05, 4.69) is 18.7 Å². The summed E-state index contributed by atoms with van der Waals surface area (Å²) >= 11 is 0. The third-order valence-corrected chi connectivity index (χ3v) is 4.23. The van der Waals surface area contributed by atoms with Crippen molar-refractivity contribution >= 4 is 0 Å². The van der Waals surface area contributed by atoms with Gasteiger partial charge in [-0.05, 0) is 63.5 Å². The van der Waals surface area contributed by atoms with Gasteiger partial charge in [-0.3, -0.25) is 0 Å². The molecule has 0 amide bonds. The molecular formula is C16H25FN2O. The van der Waals surface area contributed by atoms with Gasteiger partial charge >= 0.3 is 0 Å². The van der Waals surface area contributed by atoms with Crippen LogP contribution < -0.4 is 10.5 Å². The lowest BCUT2D eigenvalue weighted by Crippen LogP contribution is -2.33. The van der Waals surface area contributed by atoms with Crippen LogP contribution in [0.3, 0.4) is 0 Å². The molecule has 0 bridgehead atoms. The molecule has 0 aliphatic carbocycles. The zero-order valence-electron chi connectivity index (χ0n) is 12.4. The number of halogens is 1. The third-order valence-electron chi connectivity index (χ3n) is 4.23. The number of rotatable bonds is 6. The van der Waals surface area contributed by atoms with Crippen LogP contribution in [0.25, 0.3) is 0 Å². The summed E-state index contributed by atoms with van der Waals surface area (Å²) in [6.07, 6.45) is 1.19. The Bertz CT molecular complexity index is 407. The van der Waals surface area contributed by atoms with Crippen LogP contribution in [-0.4, -0.2) is 37.2 Å². The van der Waals surface area contributed by atoms with E-state index in [4.69, 9.17) is 10.5 Å². The van der Waals surface area contributed by atoms with Gasteiger partial charge < -0.3 is 15.4 Å². The molecule has 1 aliphatic heterocycles. The van der Waals surface area contributed by atoms with Crippen LogP contribution in [0.5, 0.6) is 5.75 Å². The van der Waals surface area contributed by atoms with E-state index in [1.165, 1.54) is 18.6 Å². The molecule has 2 N–H and O–H groups in total. The van der Waals surface area contributed by atoms with E-state index in [9.17, 15) is 4.39 Å². The van der Waals surface area contributed by atoms with Crippen molar-refractivity contribution in [3.8, 4) is 5.75 Å². The highest BCUT2D eigenvalue weighted by Crippen LogP contribution is 2.26. The second-order valence-electron chi connectivity index (χ2n) is 5.90. The second-order valence-corrected chi connectivity index (χ2v) is 5.90. The quantitative estimate of drug-likeness (QED) is 0.870. The smallest absolute Gasteiger partial charge is 0.123 e. The van der Waals surface area contributed by atoms with E-state index in [1.807, 2.05) is 0 Å². The molecule has 20 heavy (non-hydrogen) atoms. The summed E-state index contributed by atoms with van der Waals surface area (Å²) in [5, 5.41) is 0. The van der Waals surface area contributed by atoms with Gasteiger partial charge in [0.1, 0.15) is 11.6 Å². The van der Waals surface area contributed by atoms with Crippen LogP contribution in [0, 0.1) is 17.7 Å². The van der Waals surface area contributed by atoms with E-state index in [-0.39, 0.29) is 5.82 Å². The van der Waals surface area contributed by atoms with Gasteiger partial charge in [-0.25, -0.2) is 4.39 Å². The topological polar surface area (TPSA) is 38.5 Å². The number of ether oxygens (including phenoxy) is 1. The zero-order valence-corrected chi connectivity index (χ0v) is 12.4. The summed E-state index contributed by atoms with van der Waals surface area (Å²) in [7, 11) is 0. The van der Waals surface area contributed by atoms with Crippen LogP contribution in [0.2, 0.25) is 0 Å². The number of benzene rings is 1. The Morgan fingerprint density at radius 3 is 2.60 bits per heavy atom. The minimum atomic E-state index is -0.240. The van der Waals surface area contributed by atoms with Crippen LogP contribution in [-0.2, 0) is 0 Å². The molecule has 2 rings (SSSR count). The molecule has 1 aromatic carbocycles. The molecule has 1 aromatic rings. The fourth-order valence-corrected chi connectivity index (χ4v) is 2.80. The Morgan fingerprint density at radius 2 is 2.05 bits per heavy atom. The molecule has 0 spiro atoms. The summed E-state index contributed by atoms with van der Waals surface area (Å²) in [5.41, 5.74) is 5.90. The number of likely N-dealkylation sites (tertiary alicyclic amines) is 1. The molecule has 0 aromatic heterocycles. The minimum Gasteiger partial charge on any atom is -0.493 e. The van der Waals surface area contributed by atoms with Gasteiger partial charge in [-0.15, -0.1) is 0 Å². The van der Waals surface area contributed by atoms with E-state index >= 15 is 0 Å². The van der Waals surface area contributed by atoms with Gasteiger partial charge in [0.05, 0.1) is 6.61 Å². The molecule has 1 heterocycles. The first-order valence-electron chi connectivity index (χ1n) is 7.42. The maximum Gasteiger partial charge on any atom is 0.123 e. The average Bonchev–Trinajstić information content (AvgIpc) is 2.91. The second kappa shape index (κ2) is 7.04. The van der Waals surface area contributed by atoms with E-state index in [0.29, 0.717) is 36.8 Å². The SMILES string of the molecule is CC(C)N1CCC(C(CN)COc2ccc(F)cc2)C1. The Hall–Kier alpha value is -1.13. The number of nitrogens with zero attached hydrogens (tertiary/aromatic N) is 1. The Morgan fingerprint density at radius 1 is 1.35 bits per heavy atom. The van der Waals surface area contributed by atoms with Gasteiger partial charge in [0, 0.05) is 18.5 Å². The van der Waals surface area contributed by atoms with Crippen molar-refractivity contribution in [1.82, 2.24) is 4.90 Å². The molecule has 1 saturated heterocycles. The number of hydrogen-bond acceptors (Lipinski definition) is 3.